The summed E-state index contributed by atoms with van der Waals surface area (Å²) in [4.78, 5) is 24.0. The molecule has 2 atom stereocenters. The normalized spacial score (nSPS) is 29.2. The third-order valence-electron chi connectivity index (χ3n) is 4.28. The van der Waals surface area contributed by atoms with E-state index in [0.717, 1.165) is 19.3 Å². The molecule has 0 bridgehead atoms. The van der Waals surface area contributed by atoms with E-state index in [-0.39, 0.29) is 0 Å². The summed E-state index contributed by atoms with van der Waals surface area (Å²) in [5, 5.41) is 0. The second-order valence-corrected chi connectivity index (χ2v) is 5.26. The number of hydrogen-bond donors (Lipinski definition) is 0. The molecule has 0 saturated heterocycles. The molecule has 4 nitrogen and oxygen atoms in total. The lowest BCUT2D eigenvalue weighted by atomic mass is 9.84. The zero-order chi connectivity index (χ0) is 13.2. The van der Waals surface area contributed by atoms with Gasteiger partial charge in [-0.1, -0.05) is 12.2 Å². The van der Waals surface area contributed by atoms with Crippen LogP contribution in [0.2, 0.25) is 0 Å². The maximum Gasteiger partial charge on any atom is 0.323 e. The molecule has 0 radical (unpaired) electrons. The average molecular weight is 252 g/mol. The van der Waals surface area contributed by atoms with Gasteiger partial charge in [-0.05, 0) is 43.9 Å². The maximum absolute atomic E-state index is 12.0. The minimum atomic E-state index is -1.08. The SMILES string of the molecule is COC(=O)C1(C(=O)OC)C[C@H]2CCCC=C[C@H]2C1. The summed E-state index contributed by atoms with van der Waals surface area (Å²) in [6, 6.07) is 0. The average Bonchev–Trinajstić information content (AvgIpc) is 2.64. The van der Waals surface area contributed by atoms with Gasteiger partial charge in [0.05, 0.1) is 14.2 Å². The molecule has 0 unspecified atom stereocenters. The monoisotopic (exact) mass is 252 g/mol. The second kappa shape index (κ2) is 5.12. The molecule has 1 saturated carbocycles. The number of esters is 2. The number of methoxy groups -OCH3 is 2. The van der Waals surface area contributed by atoms with Crippen LogP contribution in [0.25, 0.3) is 0 Å². The third kappa shape index (κ3) is 2.04. The van der Waals surface area contributed by atoms with E-state index in [9.17, 15) is 9.59 Å². The van der Waals surface area contributed by atoms with E-state index in [1.807, 2.05) is 0 Å². The molecule has 0 heterocycles. The number of rotatable bonds is 2. The molecular weight excluding hydrogens is 232 g/mol. The molecule has 0 aliphatic heterocycles. The molecule has 2 aliphatic carbocycles. The van der Waals surface area contributed by atoms with Gasteiger partial charge in [-0.25, -0.2) is 0 Å². The highest BCUT2D eigenvalue weighted by Crippen LogP contribution is 2.50. The third-order valence-corrected chi connectivity index (χ3v) is 4.28. The molecule has 2 rings (SSSR count). The van der Waals surface area contributed by atoms with E-state index in [0.29, 0.717) is 24.7 Å². The zero-order valence-corrected chi connectivity index (χ0v) is 11.0. The van der Waals surface area contributed by atoms with Crippen LogP contribution >= 0.6 is 0 Å². The van der Waals surface area contributed by atoms with Crippen LogP contribution in [-0.2, 0) is 19.1 Å². The number of allylic oxidation sites excluding steroid dienone is 2. The highest BCUT2D eigenvalue weighted by Gasteiger charge is 2.56. The molecule has 100 valence electrons. The highest BCUT2D eigenvalue weighted by molar-refractivity contribution is 6.00. The Morgan fingerprint density at radius 3 is 2.44 bits per heavy atom. The topological polar surface area (TPSA) is 52.6 Å². The second-order valence-electron chi connectivity index (χ2n) is 5.26. The van der Waals surface area contributed by atoms with E-state index >= 15 is 0 Å². The van der Waals surface area contributed by atoms with E-state index in [4.69, 9.17) is 9.47 Å². The number of ether oxygens (including phenoxy) is 2. The van der Waals surface area contributed by atoms with Crippen molar-refractivity contribution in [2.75, 3.05) is 14.2 Å². The fourth-order valence-electron chi connectivity index (χ4n) is 3.37. The lowest BCUT2D eigenvalue weighted by Crippen LogP contribution is -2.39. The van der Waals surface area contributed by atoms with Gasteiger partial charge in [-0.2, -0.15) is 0 Å². The molecule has 2 aliphatic rings. The lowest BCUT2D eigenvalue weighted by Gasteiger charge is -2.23. The molecular formula is C14H20O4. The minimum Gasteiger partial charge on any atom is -0.468 e. The van der Waals surface area contributed by atoms with Crippen LogP contribution in [0.15, 0.2) is 12.2 Å². The van der Waals surface area contributed by atoms with Crippen LogP contribution in [0.3, 0.4) is 0 Å². The Kier molecular flexibility index (Phi) is 3.73. The van der Waals surface area contributed by atoms with Gasteiger partial charge in [-0.15, -0.1) is 0 Å². The molecule has 0 amide bonds. The lowest BCUT2D eigenvalue weighted by molar-refractivity contribution is -0.169. The zero-order valence-electron chi connectivity index (χ0n) is 11.0. The van der Waals surface area contributed by atoms with Crippen LogP contribution in [0, 0.1) is 17.3 Å². The Morgan fingerprint density at radius 2 is 1.83 bits per heavy atom. The van der Waals surface area contributed by atoms with E-state index in [2.05, 4.69) is 12.2 Å². The first-order chi connectivity index (χ1) is 8.64. The van der Waals surface area contributed by atoms with Crippen molar-refractivity contribution in [2.45, 2.75) is 32.1 Å². The van der Waals surface area contributed by atoms with Crippen LogP contribution in [0.4, 0.5) is 0 Å². The van der Waals surface area contributed by atoms with Gasteiger partial charge in [0.25, 0.3) is 0 Å². The number of carbonyl (C=O) groups is 2. The first-order valence-electron chi connectivity index (χ1n) is 6.47. The summed E-state index contributed by atoms with van der Waals surface area (Å²) in [5.74, 6) is -0.209. The Morgan fingerprint density at radius 1 is 1.17 bits per heavy atom. The summed E-state index contributed by atoms with van der Waals surface area (Å²) in [5.41, 5.74) is -1.08. The van der Waals surface area contributed by atoms with Crippen LogP contribution in [-0.4, -0.2) is 26.2 Å². The quantitative estimate of drug-likeness (QED) is 0.429. The molecule has 0 aromatic heterocycles. The number of hydrogen-bond acceptors (Lipinski definition) is 4. The Balaban J connectivity index is 2.28. The van der Waals surface area contributed by atoms with Gasteiger partial charge in [0.1, 0.15) is 0 Å². The van der Waals surface area contributed by atoms with Gasteiger partial charge in [-0.3, -0.25) is 9.59 Å². The van der Waals surface area contributed by atoms with E-state index < -0.39 is 17.4 Å². The predicted octanol–water partition coefficient (Wildman–Crippen LogP) is 2.09. The Labute approximate surface area is 107 Å². The van der Waals surface area contributed by atoms with Crippen LogP contribution in [0.5, 0.6) is 0 Å². The summed E-state index contributed by atoms with van der Waals surface area (Å²) < 4.78 is 9.67. The summed E-state index contributed by atoms with van der Waals surface area (Å²) in [6.45, 7) is 0. The van der Waals surface area contributed by atoms with Crippen LogP contribution < -0.4 is 0 Å². The molecule has 0 aromatic carbocycles. The Bertz CT molecular complexity index is 356. The summed E-state index contributed by atoms with van der Waals surface area (Å²) >= 11 is 0. The largest absolute Gasteiger partial charge is 0.468 e. The predicted molar refractivity (Wildman–Crippen MR) is 65.7 cm³/mol. The van der Waals surface area contributed by atoms with Crippen molar-refractivity contribution in [3.05, 3.63) is 12.2 Å². The van der Waals surface area contributed by atoms with Gasteiger partial charge < -0.3 is 9.47 Å². The van der Waals surface area contributed by atoms with Gasteiger partial charge in [0.15, 0.2) is 5.41 Å². The van der Waals surface area contributed by atoms with Crippen molar-refractivity contribution in [1.82, 2.24) is 0 Å². The standard InChI is InChI=1S/C14H20O4/c1-17-12(15)14(13(16)18-2)8-10-6-4-3-5-7-11(10)9-14/h4,6,10-11H,3,5,7-9H2,1-2H3/t10-,11+/m0/s1. The van der Waals surface area contributed by atoms with Crippen molar-refractivity contribution < 1.29 is 19.1 Å². The Hall–Kier alpha value is -1.32. The first kappa shape index (κ1) is 13.1. The fourth-order valence-corrected chi connectivity index (χ4v) is 3.37. The maximum atomic E-state index is 12.0. The molecule has 1 fully saturated rings. The molecule has 0 spiro atoms. The van der Waals surface area contributed by atoms with E-state index in [1.54, 1.807) is 0 Å². The summed E-state index contributed by atoms with van der Waals surface area (Å²) in [6.07, 6.45) is 8.68. The highest BCUT2D eigenvalue weighted by atomic mass is 16.5. The fraction of sp³-hybridized carbons (Fsp3) is 0.714. The van der Waals surface area contributed by atoms with E-state index in [1.165, 1.54) is 14.2 Å². The summed E-state index contributed by atoms with van der Waals surface area (Å²) in [7, 11) is 2.66. The van der Waals surface area contributed by atoms with Gasteiger partial charge in [0, 0.05) is 0 Å². The van der Waals surface area contributed by atoms with Gasteiger partial charge >= 0.3 is 11.9 Å². The molecule has 0 N–H and O–H groups in total. The number of fused-ring (bicyclic) bond motifs is 1. The van der Waals surface area contributed by atoms with Crippen molar-refractivity contribution in [2.24, 2.45) is 17.3 Å². The molecule has 0 aromatic rings. The number of carbonyl (C=O) groups excluding carboxylic acids is 2. The molecule has 18 heavy (non-hydrogen) atoms. The van der Waals surface area contributed by atoms with Crippen molar-refractivity contribution >= 4 is 11.9 Å². The minimum absolute atomic E-state index is 0.297. The van der Waals surface area contributed by atoms with Crippen molar-refractivity contribution in [3.8, 4) is 0 Å². The van der Waals surface area contributed by atoms with Crippen LogP contribution in [0.1, 0.15) is 32.1 Å². The van der Waals surface area contributed by atoms with Crippen molar-refractivity contribution in [1.29, 1.82) is 0 Å². The van der Waals surface area contributed by atoms with Gasteiger partial charge in [0.2, 0.25) is 0 Å². The molecule has 4 heteroatoms. The first-order valence-corrected chi connectivity index (χ1v) is 6.47. The van der Waals surface area contributed by atoms with Crippen molar-refractivity contribution in [3.63, 3.8) is 0 Å². The smallest absolute Gasteiger partial charge is 0.323 e.